The zero-order valence-electron chi connectivity index (χ0n) is 7.28. The second-order valence-electron chi connectivity index (χ2n) is 3.22. The molecule has 0 aliphatic heterocycles. The summed E-state index contributed by atoms with van der Waals surface area (Å²) in [4.78, 5) is 0. The van der Waals surface area contributed by atoms with Gasteiger partial charge in [-0.3, -0.25) is 0 Å². The van der Waals surface area contributed by atoms with Gasteiger partial charge < -0.3 is 0 Å². The van der Waals surface area contributed by atoms with E-state index in [0.717, 1.165) is 6.42 Å². The highest BCUT2D eigenvalue weighted by Crippen LogP contribution is 2.30. The van der Waals surface area contributed by atoms with Gasteiger partial charge in [-0.1, -0.05) is 48.6 Å². The second-order valence-corrected chi connectivity index (χ2v) is 4.61. The van der Waals surface area contributed by atoms with Gasteiger partial charge >= 0.3 is 0 Å². The fraction of sp³-hybridized carbons (Fsp3) is 0.167. The van der Waals surface area contributed by atoms with Crippen molar-refractivity contribution in [1.29, 1.82) is 0 Å². The molecule has 0 aromatic heterocycles. The number of halogens is 1. The number of benzene rings is 1. The Morgan fingerprint density at radius 3 is 2.62 bits per heavy atom. The monoisotopic (exact) mass is 282 g/mol. The summed E-state index contributed by atoms with van der Waals surface area (Å²) in [6.07, 6.45) is 7.77. The third kappa shape index (κ3) is 2.21. The Labute approximate surface area is 92.5 Å². The lowest BCUT2D eigenvalue weighted by atomic mass is 9.93. The van der Waals surface area contributed by atoms with E-state index in [4.69, 9.17) is 0 Å². The molecule has 2 rings (SSSR count). The van der Waals surface area contributed by atoms with Crippen molar-refractivity contribution in [1.82, 2.24) is 0 Å². The molecule has 0 heterocycles. The molecule has 1 unspecified atom stereocenters. The van der Waals surface area contributed by atoms with E-state index in [-0.39, 0.29) is 0 Å². The average Bonchev–Trinajstić information content (AvgIpc) is 2.19. The zero-order valence-corrected chi connectivity index (χ0v) is 9.44. The quantitative estimate of drug-likeness (QED) is 0.682. The predicted molar refractivity (Wildman–Crippen MR) is 65.0 cm³/mol. The molecule has 1 heteroatoms. The molecule has 0 nitrogen and oxygen atoms in total. The number of allylic oxidation sites excluding steroid dienone is 4. The first-order valence-corrected chi connectivity index (χ1v) is 5.52. The van der Waals surface area contributed by atoms with Gasteiger partial charge in [0.15, 0.2) is 0 Å². The van der Waals surface area contributed by atoms with Gasteiger partial charge in [0.1, 0.15) is 0 Å². The van der Waals surface area contributed by atoms with Crippen LogP contribution in [0.2, 0.25) is 0 Å². The summed E-state index contributed by atoms with van der Waals surface area (Å²) in [6.45, 7) is 0. The highest BCUT2D eigenvalue weighted by atomic mass is 127. The van der Waals surface area contributed by atoms with Gasteiger partial charge in [-0.15, -0.1) is 0 Å². The molecule has 1 atom stereocenters. The minimum atomic E-state index is 0.582. The van der Waals surface area contributed by atoms with Crippen LogP contribution in [0.25, 0.3) is 0 Å². The SMILES string of the molecule is IC1=CC=CC(c2ccccc2)C1. The normalized spacial score (nSPS) is 21.3. The molecule has 1 aromatic rings. The summed E-state index contributed by atoms with van der Waals surface area (Å²) in [7, 11) is 0. The van der Waals surface area contributed by atoms with Crippen molar-refractivity contribution in [3.8, 4) is 0 Å². The summed E-state index contributed by atoms with van der Waals surface area (Å²) < 4.78 is 1.44. The van der Waals surface area contributed by atoms with E-state index in [2.05, 4.69) is 71.2 Å². The lowest BCUT2D eigenvalue weighted by molar-refractivity contribution is 0.850. The van der Waals surface area contributed by atoms with Crippen LogP contribution >= 0.6 is 22.6 Å². The van der Waals surface area contributed by atoms with Crippen LogP contribution in [-0.2, 0) is 0 Å². The van der Waals surface area contributed by atoms with Crippen molar-refractivity contribution in [2.45, 2.75) is 12.3 Å². The fourth-order valence-electron chi connectivity index (χ4n) is 1.57. The van der Waals surface area contributed by atoms with Gasteiger partial charge in [0.05, 0.1) is 0 Å². The smallest absolute Gasteiger partial charge is 0.00659 e. The maximum atomic E-state index is 2.41. The Balaban J connectivity index is 2.21. The third-order valence-electron chi connectivity index (χ3n) is 2.26. The van der Waals surface area contributed by atoms with Crippen LogP contribution in [0, 0.1) is 0 Å². The molecule has 0 fully saturated rings. The van der Waals surface area contributed by atoms with E-state index >= 15 is 0 Å². The Kier molecular flexibility index (Phi) is 2.83. The molecule has 13 heavy (non-hydrogen) atoms. The van der Waals surface area contributed by atoms with Gasteiger partial charge in [-0.2, -0.15) is 0 Å². The van der Waals surface area contributed by atoms with Crippen molar-refractivity contribution >= 4 is 22.6 Å². The van der Waals surface area contributed by atoms with E-state index < -0.39 is 0 Å². The van der Waals surface area contributed by atoms with Gasteiger partial charge in [-0.05, 0) is 38.2 Å². The van der Waals surface area contributed by atoms with Crippen LogP contribution in [0.3, 0.4) is 0 Å². The molecular formula is C12H11I. The van der Waals surface area contributed by atoms with Crippen molar-refractivity contribution in [2.75, 3.05) is 0 Å². The first-order chi connectivity index (χ1) is 6.36. The van der Waals surface area contributed by atoms with Crippen molar-refractivity contribution in [3.05, 3.63) is 57.7 Å². The molecule has 0 spiro atoms. The highest BCUT2D eigenvalue weighted by Gasteiger charge is 2.10. The summed E-state index contributed by atoms with van der Waals surface area (Å²) >= 11 is 2.41. The Morgan fingerprint density at radius 2 is 1.92 bits per heavy atom. The van der Waals surface area contributed by atoms with Crippen LogP contribution < -0.4 is 0 Å². The van der Waals surface area contributed by atoms with E-state index in [9.17, 15) is 0 Å². The molecular weight excluding hydrogens is 271 g/mol. The topological polar surface area (TPSA) is 0 Å². The molecule has 0 bridgehead atoms. The van der Waals surface area contributed by atoms with Crippen LogP contribution in [0.1, 0.15) is 17.9 Å². The molecule has 0 saturated carbocycles. The van der Waals surface area contributed by atoms with Gasteiger partial charge in [0, 0.05) is 5.92 Å². The Hall–Kier alpha value is -0.570. The number of hydrogen-bond donors (Lipinski definition) is 0. The van der Waals surface area contributed by atoms with E-state index in [0.29, 0.717) is 5.92 Å². The molecule has 1 aliphatic rings. The number of rotatable bonds is 1. The van der Waals surface area contributed by atoms with Crippen LogP contribution in [0.5, 0.6) is 0 Å². The highest BCUT2D eigenvalue weighted by molar-refractivity contribution is 14.1. The van der Waals surface area contributed by atoms with Gasteiger partial charge in [0.25, 0.3) is 0 Å². The number of hydrogen-bond acceptors (Lipinski definition) is 0. The van der Waals surface area contributed by atoms with Crippen molar-refractivity contribution < 1.29 is 0 Å². The summed E-state index contributed by atoms with van der Waals surface area (Å²) in [5.41, 5.74) is 1.42. The fourth-order valence-corrected chi connectivity index (χ4v) is 2.25. The maximum Gasteiger partial charge on any atom is 0.00659 e. The Morgan fingerprint density at radius 1 is 1.15 bits per heavy atom. The molecule has 0 N–H and O–H groups in total. The van der Waals surface area contributed by atoms with E-state index in [1.807, 2.05) is 0 Å². The lowest BCUT2D eigenvalue weighted by Gasteiger charge is -2.15. The van der Waals surface area contributed by atoms with Crippen LogP contribution in [0.15, 0.2) is 52.1 Å². The molecule has 1 aromatic carbocycles. The van der Waals surface area contributed by atoms with Crippen molar-refractivity contribution in [2.24, 2.45) is 0 Å². The third-order valence-corrected chi connectivity index (χ3v) is 3.06. The largest absolute Gasteiger partial charge is 0.0766 e. The molecule has 66 valence electrons. The summed E-state index contributed by atoms with van der Waals surface area (Å²) in [6, 6.07) is 10.7. The standard InChI is InChI=1S/C12H11I/c13-12-8-4-7-11(9-12)10-5-2-1-3-6-10/h1-8,11H,9H2. The summed E-state index contributed by atoms with van der Waals surface area (Å²) in [5, 5.41) is 0. The Bertz CT molecular complexity index is 335. The minimum Gasteiger partial charge on any atom is -0.0766 e. The van der Waals surface area contributed by atoms with Gasteiger partial charge in [0.2, 0.25) is 0 Å². The second kappa shape index (κ2) is 4.09. The van der Waals surface area contributed by atoms with Crippen LogP contribution in [-0.4, -0.2) is 0 Å². The predicted octanol–water partition coefficient (Wildman–Crippen LogP) is 4.05. The molecule has 0 amide bonds. The molecule has 1 aliphatic carbocycles. The van der Waals surface area contributed by atoms with E-state index in [1.54, 1.807) is 0 Å². The molecule has 0 saturated heterocycles. The minimum absolute atomic E-state index is 0.582. The first-order valence-electron chi connectivity index (χ1n) is 4.44. The van der Waals surface area contributed by atoms with Crippen molar-refractivity contribution in [3.63, 3.8) is 0 Å². The van der Waals surface area contributed by atoms with E-state index in [1.165, 1.54) is 9.14 Å². The first kappa shape index (κ1) is 9.00. The van der Waals surface area contributed by atoms with Crippen LogP contribution in [0.4, 0.5) is 0 Å². The van der Waals surface area contributed by atoms with Gasteiger partial charge in [-0.25, -0.2) is 0 Å². The maximum absolute atomic E-state index is 2.41. The zero-order chi connectivity index (χ0) is 9.10. The average molecular weight is 282 g/mol. The summed E-state index contributed by atoms with van der Waals surface area (Å²) in [5.74, 6) is 0.582. The molecule has 0 radical (unpaired) electrons. The lowest BCUT2D eigenvalue weighted by Crippen LogP contribution is -1.97.